The van der Waals surface area contributed by atoms with Gasteiger partial charge in [-0.3, -0.25) is 4.90 Å². The standard InChI is InChI=1S/C12H17N3O/c1-8-4-5-10(13)9(2)11(8)15-7-3-6-14-12(15)16/h4-5H,3,6-7,13H2,1-2H3,(H,14,16). The van der Waals surface area contributed by atoms with E-state index in [9.17, 15) is 4.79 Å². The first-order valence-corrected chi connectivity index (χ1v) is 5.52. The van der Waals surface area contributed by atoms with Crippen LogP contribution in [0.3, 0.4) is 0 Å². The molecule has 0 spiro atoms. The Kier molecular flexibility index (Phi) is 2.73. The molecule has 4 heteroatoms. The van der Waals surface area contributed by atoms with Gasteiger partial charge in [0.15, 0.2) is 0 Å². The fraction of sp³-hybridized carbons (Fsp3) is 0.417. The largest absolute Gasteiger partial charge is 0.398 e. The van der Waals surface area contributed by atoms with Crippen LogP contribution in [0.5, 0.6) is 0 Å². The van der Waals surface area contributed by atoms with Gasteiger partial charge in [-0.05, 0) is 37.5 Å². The van der Waals surface area contributed by atoms with Crippen molar-refractivity contribution in [2.45, 2.75) is 20.3 Å². The van der Waals surface area contributed by atoms with E-state index in [1.54, 1.807) is 4.90 Å². The lowest BCUT2D eigenvalue weighted by Gasteiger charge is -2.30. The predicted octanol–water partition coefficient (Wildman–Crippen LogP) is 1.81. The van der Waals surface area contributed by atoms with Crippen molar-refractivity contribution in [2.75, 3.05) is 23.7 Å². The fourth-order valence-electron chi connectivity index (χ4n) is 2.11. The van der Waals surface area contributed by atoms with Crippen LogP contribution in [0, 0.1) is 13.8 Å². The molecule has 0 aromatic heterocycles. The van der Waals surface area contributed by atoms with Crippen LogP contribution in [0.15, 0.2) is 12.1 Å². The molecule has 2 amide bonds. The number of nitrogens with two attached hydrogens (primary N) is 1. The monoisotopic (exact) mass is 219 g/mol. The van der Waals surface area contributed by atoms with Gasteiger partial charge in [0.25, 0.3) is 0 Å². The highest BCUT2D eigenvalue weighted by molar-refractivity contribution is 5.95. The number of rotatable bonds is 1. The molecule has 1 aliphatic rings. The molecule has 0 bridgehead atoms. The number of benzene rings is 1. The van der Waals surface area contributed by atoms with Crippen molar-refractivity contribution < 1.29 is 4.79 Å². The number of amides is 2. The third-order valence-corrected chi connectivity index (χ3v) is 3.02. The third kappa shape index (κ3) is 1.71. The van der Waals surface area contributed by atoms with Crippen LogP contribution in [-0.4, -0.2) is 19.1 Å². The molecular formula is C12H17N3O. The number of carbonyl (C=O) groups is 1. The topological polar surface area (TPSA) is 58.4 Å². The molecule has 1 aliphatic heterocycles. The van der Waals surface area contributed by atoms with E-state index in [1.165, 1.54) is 0 Å². The number of nitrogens with zero attached hydrogens (tertiary/aromatic N) is 1. The summed E-state index contributed by atoms with van der Waals surface area (Å²) in [6.45, 7) is 5.48. The molecule has 0 saturated carbocycles. The summed E-state index contributed by atoms with van der Waals surface area (Å²) in [7, 11) is 0. The number of urea groups is 1. The van der Waals surface area contributed by atoms with Gasteiger partial charge in [0.1, 0.15) is 0 Å². The Morgan fingerprint density at radius 1 is 1.38 bits per heavy atom. The van der Waals surface area contributed by atoms with E-state index in [-0.39, 0.29) is 6.03 Å². The van der Waals surface area contributed by atoms with E-state index in [2.05, 4.69) is 5.32 Å². The number of hydrogen-bond donors (Lipinski definition) is 2. The maximum Gasteiger partial charge on any atom is 0.321 e. The summed E-state index contributed by atoms with van der Waals surface area (Å²) in [5.41, 5.74) is 9.64. The normalized spacial score (nSPS) is 16.1. The third-order valence-electron chi connectivity index (χ3n) is 3.02. The van der Waals surface area contributed by atoms with Crippen LogP contribution < -0.4 is 16.0 Å². The van der Waals surface area contributed by atoms with E-state index < -0.39 is 0 Å². The first-order valence-electron chi connectivity index (χ1n) is 5.52. The van der Waals surface area contributed by atoms with Crippen molar-refractivity contribution in [1.29, 1.82) is 0 Å². The molecule has 1 saturated heterocycles. The smallest absolute Gasteiger partial charge is 0.321 e. The zero-order valence-corrected chi connectivity index (χ0v) is 9.71. The molecule has 0 unspecified atom stereocenters. The van der Waals surface area contributed by atoms with Gasteiger partial charge in [-0.1, -0.05) is 6.07 Å². The highest BCUT2D eigenvalue weighted by Gasteiger charge is 2.22. The Hall–Kier alpha value is -1.71. The van der Waals surface area contributed by atoms with Gasteiger partial charge in [-0.15, -0.1) is 0 Å². The quantitative estimate of drug-likeness (QED) is 0.708. The van der Waals surface area contributed by atoms with Crippen molar-refractivity contribution in [3.05, 3.63) is 23.3 Å². The number of nitrogens with one attached hydrogen (secondary N) is 1. The van der Waals surface area contributed by atoms with Gasteiger partial charge in [-0.25, -0.2) is 4.79 Å². The number of anilines is 2. The van der Waals surface area contributed by atoms with Crippen molar-refractivity contribution >= 4 is 17.4 Å². The average molecular weight is 219 g/mol. The molecule has 86 valence electrons. The summed E-state index contributed by atoms with van der Waals surface area (Å²) in [5, 5.41) is 2.85. The minimum absolute atomic E-state index is 0.0250. The second-order valence-corrected chi connectivity index (χ2v) is 4.18. The molecule has 0 aliphatic carbocycles. The average Bonchev–Trinajstić information content (AvgIpc) is 2.27. The summed E-state index contributed by atoms with van der Waals surface area (Å²) in [6, 6.07) is 3.82. The first kappa shape index (κ1) is 10.8. The Balaban J connectivity index is 2.46. The zero-order chi connectivity index (χ0) is 11.7. The molecule has 0 radical (unpaired) electrons. The predicted molar refractivity (Wildman–Crippen MR) is 65.7 cm³/mol. The van der Waals surface area contributed by atoms with Crippen LogP contribution in [0.2, 0.25) is 0 Å². The van der Waals surface area contributed by atoms with Gasteiger partial charge in [0.2, 0.25) is 0 Å². The fourth-order valence-corrected chi connectivity index (χ4v) is 2.11. The highest BCUT2D eigenvalue weighted by atomic mass is 16.2. The van der Waals surface area contributed by atoms with Gasteiger partial charge in [0.05, 0.1) is 5.69 Å². The van der Waals surface area contributed by atoms with Gasteiger partial charge >= 0.3 is 6.03 Å². The second-order valence-electron chi connectivity index (χ2n) is 4.18. The Morgan fingerprint density at radius 2 is 2.12 bits per heavy atom. The minimum atomic E-state index is -0.0250. The van der Waals surface area contributed by atoms with Gasteiger partial charge in [0, 0.05) is 18.8 Å². The van der Waals surface area contributed by atoms with Gasteiger partial charge < -0.3 is 11.1 Å². The maximum absolute atomic E-state index is 11.8. The van der Waals surface area contributed by atoms with Crippen LogP contribution in [0.4, 0.5) is 16.2 Å². The van der Waals surface area contributed by atoms with Crippen molar-refractivity contribution in [3.8, 4) is 0 Å². The Bertz CT molecular complexity index is 429. The van der Waals surface area contributed by atoms with Gasteiger partial charge in [-0.2, -0.15) is 0 Å². The lowest BCUT2D eigenvalue weighted by atomic mass is 10.1. The summed E-state index contributed by atoms with van der Waals surface area (Å²) in [4.78, 5) is 13.6. The molecule has 1 aromatic rings. The minimum Gasteiger partial charge on any atom is -0.398 e. The first-order chi connectivity index (χ1) is 7.61. The Labute approximate surface area is 95.4 Å². The molecule has 2 rings (SSSR count). The van der Waals surface area contributed by atoms with Crippen molar-refractivity contribution in [3.63, 3.8) is 0 Å². The van der Waals surface area contributed by atoms with Crippen LogP contribution in [0.1, 0.15) is 17.5 Å². The van der Waals surface area contributed by atoms with E-state index in [1.807, 2.05) is 26.0 Å². The van der Waals surface area contributed by atoms with Crippen LogP contribution in [0.25, 0.3) is 0 Å². The summed E-state index contributed by atoms with van der Waals surface area (Å²) in [5.74, 6) is 0. The van der Waals surface area contributed by atoms with E-state index in [0.29, 0.717) is 0 Å². The number of nitrogen functional groups attached to an aromatic ring is 1. The summed E-state index contributed by atoms with van der Waals surface area (Å²) < 4.78 is 0. The Morgan fingerprint density at radius 3 is 2.81 bits per heavy atom. The number of carbonyl (C=O) groups excluding carboxylic acids is 1. The van der Waals surface area contributed by atoms with E-state index >= 15 is 0 Å². The highest BCUT2D eigenvalue weighted by Crippen LogP contribution is 2.29. The zero-order valence-electron chi connectivity index (χ0n) is 9.71. The van der Waals surface area contributed by atoms with Crippen molar-refractivity contribution in [2.24, 2.45) is 0 Å². The molecule has 4 nitrogen and oxygen atoms in total. The summed E-state index contributed by atoms with van der Waals surface area (Å²) in [6.07, 6.45) is 0.972. The lowest BCUT2D eigenvalue weighted by Crippen LogP contribution is -2.47. The van der Waals surface area contributed by atoms with Crippen LogP contribution in [-0.2, 0) is 0 Å². The molecule has 3 N–H and O–H groups in total. The molecular weight excluding hydrogens is 202 g/mol. The van der Waals surface area contributed by atoms with Crippen molar-refractivity contribution in [1.82, 2.24) is 5.32 Å². The lowest BCUT2D eigenvalue weighted by molar-refractivity contribution is 0.243. The van der Waals surface area contributed by atoms with E-state index in [0.717, 1.165) is 42.0 Å². The SMILES string of the molecule is Cc1ccc(N)c(C)c1N1CCCNC1=O. The summed E-state index contributed by atoms with van der Waals surface area (Å²) >= 11 is 0. The molecule has 1 fully saturated rings. The molecule has 16 heavy (non-hydrogen) atoms. The molecule has 1 aromatic carbocycles. The van der Waals surface area contributed by atoms with Crippen LogP contribution >= 0.6 is 0 Å². The van der Waals surface area contributed by atoms with E-state index in [4.69, 9.17) is 5.73 Å². The number of aryl methyl sites for hydroxylation is 1. The number of hydrogen-bond acceptors (Lipinski definition) is 2. The maximum atomic E-state index is 11.8. The second kappa shape index (κ2) is 4.04. The molecule has 0 atom stereocenters. The molecule has 1 heterocycles.